The van der Waals surface area contributed by atoms with E-state index in [1.807, 2.05) is 28.8 Å². The van der Waals surface area contributed by atoms with Crippen LogP contribution >= 0.6 is 0 Å². The monoisotopic (exact) mass is 563 g/mol. The van der Waals surface area contributed by atoms with Crippen LogP contribution in [-0.2, 0) is 14.4 Å². The van der Waals surface area contributed by atoms with Gasteiger partial charge in [-0.25, -0.2) is 9.78 Å². The maximum atomic E-state index is 14.2. The molecule has 10 nitrogen and oxygen atoms in total. The van der Waals surface area contributed by atoms with Crippen LogP contribution in [0.3, 0.4) is 0 Å². The Morgan fingerprint density at radius 3 is 2.27 bits per heavy atom. The van der Waals surface area contributed by atoms with E-state index in [0.717, 1.165) is 43.0 Å². The van der Waals surface area contributed by atoms with Gasteiger partial charge in [0.1, 0.15) is 0 Å². The number of benzene rings is 1. The molecule has 1 aromatic heterocycles. The Hall–Kier alpha value is -3.27. The van der Waals surface area contributed by atoms with Crippen LogP contribution in [0.5, 0.6) is 0 Å². The second-order valence-corrected chi connectivity index (χ2v) is 12.8. The fourth-order valence-corrected chi connectivity index (χ4v) is 8.35. The summed E-state index contributed by atoms with van der Waals surface area (Å²) in [5, 5.41) is 12.8. The number of carboxylic acids is 1. The van der Waals surface area contributed by atoms with Crippen molar-refractivity contribution in [2.24, 2.45) is 17.0 Å². The summed E-state index contributed by atoms with van der Waals surface area (Å²) < 4.78 is 1.84. The van der Waals surface area contributed by atoms with E-state index in [1.54, 1.807) is 14.1 Å². The molecule has 41 heavy (non-hydrogen) atoms. The molecule has 2 saturated heterocycles. The molecule has 3 heterocycles. The average Bonchev–Trinajstić information content (AvgIpc) is 2.94. The van der Waals surface area contributed by atoms with Crippen LogP contribution in [0, 0.1) is 11.8 Å². The molecule has 2 aliphatic heterocycles. The predicted octanol–water partition coefficient (Wildman–Crippen LogP) is 3.82. The molecule has 4 bridgehead atoms. The third-order valence-corrected chi connectivity index (χ3v) is 9.87. The first kappa shape index (κ1) is 27.9. The Morgan fingerprint density at radius 2 is 1.61 bits per heavy atom. The van der Waals surface area contributed by atoms with Crippen LogP contribution in [0.15, 0.2) is 34.2 Å². The molecule has 1 aromatic carbocycles. The fourth-order valence-electron chi connectivity index (χ4n) is 8.35. The molecule has 10 heteroatoms. The predicted molar refractivity (Wildman–Crippen MR) is 155 cm³/mol. The molecule has 0 spiro atoms. The van der Waals surface area contributed by atoms with E-state index in [-0.39, 0.29) is 23.0 Å². The van der Waals surface area contributed by atoms with Gasteiger partial charge in [0.25, 0.3) is 11.5 Å². The molecular formula is C31H41N5O5. The van der Waals surface area contributed by atoms with Crippen LogP contribution in [0.4, 0.5) is 0 Å². The van der Waals surface area contributed by atoms with Gasteiger partial charge in [0, 0.05) is 38.3 Å². The summed E-state index contributed by atoms with van der Waals surface area (Å²) >= 11 is 0. The van der Waals surface area contributed by atoms with E-state index < -0.39 is 18.5 Å². The van der Waals surface area contributed by atoms with E-state index in [4.69, 9.17) is 9.94 Å². The normalized spacial score (nSPS) is 30.1. The molecule has 4 aliphatic rings. The number of aliphatic carboxylic acids is 1. The van der Waals surface area contributed by atoms with E-state index in [2.05, 4.69) is 15.0 Å². The van der Waals surface area contributed by atoms with E-state index >= 15 is 0 Å². The lowest BCUT2D eigenvalue weighted by molar-refractivity contribution is -0.142. The number of carbonyl (C=O) groups excluding carboxylic acids is 1. The molecule has 1 N–H and O–H groups in total. The van der Waals surface area contributed by atoms with Crippen molar-refractivity contribution in [2.75, 3.05) is 20.7 Å². The zero-order valence-electron chi connectivity index (χ0n) is 24.1. The average molecular weight is 564 g/mol. The molecule has 2 aliphatic carbocycles. The number of carbonyl (C=O) groups is 2. The SMILES string of the molecule is CN(C)C(=O)C(=NOCC(=O)O)c1nc2ccccc2n(C2C[C@H]3CCC[C@@H](C2)N3C2C[C@H]3CCC[C@@H](C2)C3)c1=O. The lowest BCUT2D eigenvalue weighted by atomic mass is 9.68. The molecule has 1 amide bonds. The smallest absolute Gasteiger partial charge is 0.344 e. The van der Waals surface area contributed by atoms with Crippen LogP contribution in [0.25, 0.3) is 11.0 Å². The van der Waals surface area contributed by atoms with Crippen molar-refractivity contribution in [3.05, 3.63) is 40.3 Å². The summed E-state index contributed by atoms with van der Waals surface area (Å²) in [5.41, 5.74) is 0.549. The van der Waals surface area contributed by atoms with Crippen molar-refractivity contribution >= 4 is 28.6 Å². The van der Waals surface area contributed by atoms with E-state index in [9.17, 15) is 14.4 Å². The second-order valence-electron chi connectivity index (χ2n) is 12.8. The molecule has 0 radical (unpaired) electrons. The molecule has 4 fully saturated rings. The molecule has 6 atom stereocenters. The van der Waals surface area contributed by atoms with Gasteiger partial charge in [-0.3, -0.25) is 14.5 Å². The molecule has 220 valence electrons. The lowest BCUT2D eigenvalue weighted by Crippen LogP contribution is -2.58. The largest absolute Gasteiger partial charge is 0.479 e. The van der Waals surface area contributed by atoms with Gasteiger partial charge in [0.2, 0.25) is 6.61 Å². The highest BCUT2D eigenvalue weighted by molar-refractivity contribution is 6.44. The summed E-state index contributed by atoms with van der Waals surface area (Å²) in [6, 6.07) is 9.02. The van der Waals surface area contributed by atoms with Gasteiger partial charge in [-0.2, -0.15) is 0 Å². The van der Waals surface area contributed by atoms with Crippen molar-refractivity contribution in [2.45, 2.75) is 94.8 Å². The topological polar surface area (TPSA) is 117 Å². The number of piperidine rings is 2. The molecule has 2 unspecified atom stereocenters. The van der Waals surface area contributed by atoms with Crippen LogP contribution in [-0.4, -0.2) is 80.9 Å². The Labute approximate surface area is 240 Å². The zero-order chi connectivity index (χ0) is 28.7. The number of carboxylic acid groups (broad SMARTS) is 1. The number of aromatic nitrogens is 2. The van der Waals surface area contributed by atoms with Gasteiger partial charge in [0.05, 0.1) is 11.0 Å². The number of nitrogens with zero attached hydrogens (tertiary/aromatic N) is 5. The van der Waals surface area contributed by atoms with Crippen LogP contribution in [0.2, 0.25) is 0 Å². The summed E-state index contributed by atoms with van der Waals surface area (Å²) in [5.74, 6) is -0.0587. The highest BCUT2D eigenvalue weighted by Crippen LogP contribution is 2.47. The second kappa shape index (κ2) is 11.5. The Kier molecular flexibility index (Phi) is 7.85. The highest BCUT2D eigenvalue weighted by Gasteiger charge is 2.45. The van der Waals surface area contributed by atoms with Gasteiger partial charge >= 0.3 is 5.97 Å². The molecule has 2 aromatic rings. The number of hydrogen-bond acceptors (Lipinski definition) is 7. The molecule has 6 rings (SSSR count). The first-order valence-electron chi connectivity index (χ1n) is 15.2. The van der Waals surface area contributed by atoms with E-state index in [0.29, 0.717) is 23.6 Å². The van der Waals surface area contributed by atoms with Gasteiger partial charge in [-0.05, 0) is 68.9 Å². The number of para-hydroxylation sites is 2. The number of fused-ring (bicyclic) bond motifs is 5. The maximum absolute atomic E-state index is 14.2. The summed E-state index contributed by atoms with van der Waals surface area (Å²) in [6.45, 7) is -0.726. The van der Waals surface area contributed by atoms with Crippen molar-refractivity contribution in [1.29, 1.82) is 0 Å². The van der Waals surface area contributed by atoms with Gasteiger partial charge in [0.15, 0.2) is 11.4 Å². The quantitative estimate of drug-likeness (QED) is 0.402. The molecule has 2 saturated carbocycles. The van der Waals surface area contributed by atoms with Crippen LogP contribution in [0.1, 0.15) is 82.4 Å². The fraction of sp³-hybridized carbons (Fsp3) is 0.645. The zero-order valence-corrected chi connectivity index (χ0v) is 24.1. The Morgan fingerprint density at radius 1 is 0.951 bits per heavy atom. The minimum atomic E-state index is -1.23. The summed E-state index contributed by atoms with van der Waals surface area (Å²) in [7, 11) is 3.09. The summed E-state index contributed by atoms with van der Waals surface area (Å²) in [4.78, 5) is 52.1. The Bertz CT molecular complexity index is 1380. The maximum Gasteiger partial charge on any atom is 0.344 e. The van der Waals surface area contributed by atoms with Gasteiger partial charge in [-0.15, -0.1) is 0 Å². The number of amides is 1. The highest BCUT2D eigenvalue weighted by atomic mass is 16.6. The van der Waals surface area contributed by atoms with Crippen molar-refractivity contribution < 1.29 is 19.5 Å². The molecular weight excluding hydrogens is 522 g/mol. The van der Waals surface area contributed by atoms with Crippen molar-refractivity contribution in [3.8, 4) is 0 Å². The van der Waals surface area contributed by atoms with Crippen molar-refractivity contribution in [3.63, 3.8) is 0 Å². The van der Waals surface area contributed by atoms with Crippen molar-refractivity contribution in [1.82, 2.24) is 19.4 Å². The number of rotatable bonds is 7. The third-order valence-electron chi connectivity index (χ3n) is 9.87. The number of hydrogen-bond donors (Lipinski definition) is 1. The number of oxime groups is 1. The van der Waals surface area contributed by atoms with Gasteiger partial charge in [-0.1, -0.05) is 43.0 Å². The summed E-state index contributed by atoms with van der Waals surface area (Å²) in [6.07, 6.45) is 13.5. The number of likely N-dealkylation sites (N-methyl/N-ethyl adjacent to an activating group) is 1. The Balaban J connectivity index is 1.37. The van der Waals surface area contributed by atoms with E-state index in [1.165, 1.54) is 49.8 Å². The third kappa shape index (κ3) is 5.50. The lowest BCUT2D eigenvalue weighted by Gasteiger charge is -2.55. The minimum Gasteiger partial charge on any atom is -0.479 e. The first-order valence-corrected chi connectivity index (χ1v) is 15.2. The van der Waals surface area contributed by atoms with Crippen LogP contribution < -0.4 is 5.56 Å². The minimum absolute atomic E-state index is 0.0283. The first-order chi connectivity index (χ1) is 19.8. The standard InChI is InChI=1S/C31H41N5O5/c1-34(2)30(39)29(33-41-18-27(37)38)28-31(40)36(26-12-4-3-11-25(26)32-28)24-16-21-9-6-10-22(17-24)35(21)23-14-19-7-5-8-20(13-19)15-23/h3-4,11-12,19-24H,5-10,13-18H2,1-2H3,(H,37,38)/t19-,20+,21-,22+,23?,24?. The van der Waals surface area contributed by atoms with Gasteiger partial charge < -0.3 is 19.4 Å².